The standard InChI is InChI=1S/C45H91/c1-4-5-6-7-8-9-10-11-12-13-14-15-16-17-18-19-20-21-22-23-24-25-26-27-28-29-30-31-32-33-34-35-36-37-38-39-40-41-42-43-44-45(2)3/h45H,1,4-44H2,2-3H3. The van der Waals surface area contributed by atoms with Gasteiger partial charge >= 0.3 is 0 Å². The van der Waals surface area contributed by atoms with Crippen molar-refractivity contribution in [2.75, 3.05) is 0 Å². The van der Waals surface area contributed by atoms with Crippen LogP contribution in [0.5, 0.6) is 0 Å². The third-order valence-electron chi connectivity index (χ3n) is 10.5. The van der Waals surface area contributed by atoms with E-state index < -0.39 is 0 Å². The Labute approximate surface area is 289 Å². The fourth-order valence-corrected chi connectivity index (χ4v) is 7.27. The number of rotatable bonds is 41. The SMILES string of the molecule is [CH2]CCCCCCCCCCCCCCCCCCCCCCCCCCCCCCCCCCCCCCCCCC(C)C. The highest BCUT2D eigenvalue weighted by Gasteiger charge is 1.98. The quantitative estimate of drug-likeness (QED) is 0.0589. The minimum absolute atomic E-state index is 0.896. The summed E-state index contributed by atoms with van der Waals surface area (Å²) in [5.41, 5.74) is 0. The Balaban J connectivity index is 3.04. The first-order valence-corrected chi connectivity index (χ1v) is 22.1. The fraction of sp³-hybridized carbons (Fsp3) is 0.978. The fourth-order valence-electron chi connectivity index (χ4n) is 7.27. The molecule has 0 bridgehead atoms. The highest BCUT2D eigenvalue weighted by Crippen LogP contribution is 2.18. The van der Waals surface area contributed by atoms with Crippen LogP contribution in [0.2, 0.25) is 0 Å². The minimum Gasteiger partial charge on any atom is -0.0628 e. The van der Waals surface area contributed by atoms with Crippen LogP contribution in [0.1, 0.15) is 277 Å². The second-order valence-electron chi connectivity index (χ2n) is 15.8. The first kappa shape index (κ1) is 45.0. The van der Waals surface area contributed by atoms with Gasteiger partial charge in [-0.05, 0) is 5.92 Å². The Bertz CT molecular complexity index is 478. The second-order valence-corrected chi connectivity index (χ2v) is 15.8. The molecule has 0 atom stereocenters. The van der Waals surface area contributed by atoms with Crippen LogP contribution in [-0.4, -0.2) is 0 Å². The van der Waals surface area contributed by atoms with Gasteiger partial charge in [0.2, 0.25) is 0 Å². The Morgan fingerprint density at radius 1 is 0.222 bits per heavy atom. The molecule has 0 saturated heterocycles. The van der Waals surface area contributed by atoms with E-state index in [0.717, 1.165) is 12.3 Å². The monoisotopic (exact) mass is 632 g/mol. The van der Waals surface area contributed by atoms with Crippen LogP contribution in [0.3, 0.4) is 0 Å². The zero-order valence-corrected chi connectivity index (χ0v) is 32.3. The van der Waals surface area contributed by atoms with Crippen LogP contribution in [0, 0.1) is 12.8 Å². The molecule has 0 aliphatic carbocycles. The molecule has 0 saturated carbocycles. The van der Waals surface area contributed by atoms with E-state index in [1.165, 1.54) is 257 Å². The van der Waals surface area contributed by atoms with E-state index >= 15 is 0 Å². The molecule has 0 fully saturated rings. The van der Waals surface area contributed by atoms with Crippen LogP contribution < -0.4 is 0 Å². The van der Waals surface area contributed by atoms with Gasteiger partial charge in [-0.25, -0.2) is 0 Å². The van der Waals surface area contributed by atoms with Gasteiger partial charge in [0.1, 0.15) is 0 Å². The lowest BCUT2D eigenvalue weighted by molar-refractivity contribution is 0.500. The average Bonchev–Trinajstić information content (AvgIpc) is 3.03. The number of hydrogen-bond donors (Lipinski definition) is 0. The van der Waals surface area contributed by atoms with Crippen molar-refractivity contribution < 1.29 is 0 Å². The maximum Gasteiger partial charge on any atom is -0.0471 e. The molecule has 0 aromatic carbocycles. The van der Waals surface area contributed by atoms with Crippen molar-refractivity contribution >= 4 is 0 Å². The van der Waals surface area contributed by atoms with Crippen LogP contribution in [0.15, 0.2) is 0 Å². The number of hydrogen-bond acceptors (Lipinski definition) is 0. The molecule has 45 heavy (non-hydrogen) atoms. The van der Waals surface area contributed by atoms with Gasteiger partial charge in [0.15, 0.2) is 0 Å². The highest BCUT2D eigenvalue weighted by atomic mass is 14.0. The summed E-state index contributed by atoms with van der Waals surface area (Å²) in [6.07, 6.45) is 60.3. The predicted molar refractivity (Wildman–Crippen MR) is 209 cm³/mol. The summed E-state index contributed by atoms with van der Waals surface area (Å²) >= 11 is 0. The highest BCUT2D eigenvalue weighted by molar-refractivity contribution is 4.54. The lowest BCUT2D eigenvalue weighted by Gasteiger charge is -2.05. The van der Waals surface area contributed by atoms with Crippen molar-refractivity contribution in [3.63, 3.8) is 0 Å². The van der Waals surface area contributed by atoms with E-state index in [1.54, 1.807) is 0 Å². The molecule has 0 aromatic rings. The van der Waals surface area contributed by atoms with Gasteiger partial charge < -0.3 is 0 Å². The van der Waals surface area contributed by atoms with Gasteiger partial charge in [-0.3, -0.25) is 0 Å². The molecule has 0 heteroatoms. The average molecular weight is 632 g/mol. The molecule has 0 rings (SSSR count). The first-order chi connectivity index (χ1) is 22.3. The summed E-state index contributed by atoms with van der Waals surface area (Å²) in [6, 6.07) is 0. The summed E-state index contributed by atoms with van der Waals surface area (Å²) in [7, 11) is 0. The van der Waals surface area contributed by atoms with Crippen LogP contribution >= 0.6 is 0 Å². The predicted octanol–water partition coefficient (Wildman–Crippen LogP) is 17.5. The maximum atomic E-state index is 3.93. The molecule has 0 spiro atoms. The van der Waals surface area contributed by atoms with E-state index in [2.05, 4.69) is 20.8 Å². The van der Waals surface area contributed by atoms with E-state index in [4.69, 9.17) is 0 Å². The van der Waals surface area contributed by atoms with Crippen molar-refractivity contribution in [1.82, 2.24) is 0 Å². The molecule has 0 amide bonds. The maximum absolute atomic E-state index is 3.93. The molecule has 0 aromatic heterocycles. The van der Waals surface area contributed by atoms with Crippen LogP contribution in [-0.2, 0) is 0 Å². The molecule has 0 aliphatic heterocycles. The van der Waals surface area contributed by atoms with Crippen molar-refractivity contribution in [3.05, 3.63) is 6.92 Å². The summed E-state index contributed by atoms with van der Waals surface area (Å²) in [4.78, 5) is 0. The minimum atomic E-state index is 0.896. The molecule has 0 aliphatic rings. The Kier molecular flexibility index (Phi) is 42.0. The molecular weight excluding hydrogens is 540 g/mol. The third kappa shape index (κ3) is 44.0. The van der Waals surface area contributed by atoms with Gasteiger partial charge in [-0.2, -0.15) is 0 Å². The smallest absolute Gasteiger partial charge is 0.0471 e. The van der Waals surface area contributed by atoms with Crippen molar-refractivity contribution in [2.45, 2.75) is 277 Å². The molecule has 1 radical (unpaired) electrons. The largest absolute Gasteiger partial charge is 0.0628 e. The molecule has 0 N–H and O–H groups in total. The molecular formula is C45H91. The Morgan fingerprint density at radius 3 is 0.489 bits per heavy atom. The van der Waals surface area contributed by atoms with Crippen LogP contribution in [0.4, 0.5) is 0 Å². The van der Waals surface area contributed by atoms with Crippen LogP contribution in [0.25, 0.3) is 0 Å². The van der Waals surface area contributed by atoms with Gasteiger partial charge in [-0.1, -0.05) is 284 Å². The molecule has 0 nitrogen and oxygen atoms in total. The zero-order chi connectivity index (χ0) is 32.6. The number of unbranched alkanes of at least 4 members (excludes halogenated alkanes) is 39. The molecule has 271 valence electrons. The third-order valence-corrected chi connectivity index (χ3v) is 10.5. The zero-order valence-electron chi connectivity index (χ0n) is 32.3. The topological polar surface area (TPSA) is 0 Å². The van der Waals surface area contributed by atoms with Crippen molar-refractivity contribution in [2.24, 2.45) is 5.92 Å². The summed E-state index contributed by atoms with van der Waals surface area (Å²) in [6.45, 7) is 8.64. The van der Waals surface area contributed by atoms with Crippen molar-refractivity contribution in [1.29, 1.82) is 0 Å². The second kappa shape index (κ2) is 42.0. The Morgan fingerprint density at radius 2 is 0.356 bits per heavy atom. The molecule has 0 heterocycles. The lowest BCUT2D eigenvalue weighted by atomic mass is 10.0. The van der Waals surface area contributed by atoms with E-state index in [9.17, 15) is 0 Å². The normalized spacial score (nSPS) is 11.7. The van der Waals surface area contributed by atoms with E-state index in [-0.39, 0.29) is 0 Å². The van der Waals surface area contributed by atoms with Gasteiger partial charge in [0.05, 0.1) is 0 Å². The van der Waals surface area contributed by atoms with Gasteiger partial charge in [0, 0.05) is 0 Å². The summed E-state index contributed by atoms with van der Waals surface area (Å²) < 4.78 is 0. The first-order valence-electron chi connectivity index (χ1n) is 22.1. The lowest BCUT2D eigenvalue weighted by Crippen LogP contribution is -1.87. The summed E-state index contributed by atoms with van der Waals surface area (Å²) in [5, 5.41) is 0. The van der Waals surface area contributed by atoms with Gasteiger partial charge in [0.25, 0.3) is 0 Å². The molecule has 0 unspecified atom stereocenters. The van der Waals surface area contributed by atoms with Gasteiger partial charge in [-0.15, -0.1) is 0 Å². The van der Waals surface area contributed by atoms with E-state index in [1.807, 2.05) is 0 Å². The summed E-state index contributed by atoms with van der Waals surface area (Å²) in [5.74, 6) is 0.896. The van der Waals surface area contributed by atoms with E-state index in [0.29, 0.717) is 0 Å². The Hall–Kier alpha value is 0. The van der Waals surface area contributed by atoms with Crippen molar-refractivity contribution in [3.8, 4) is 0 Å².